The van der Waals surface area contributed by atoms with E-state index in [0.717, 1.165) is 3.57 Å². The van der Waals surface area contributed by atoms with E-state index in [0.29, 0.717) is 11.0 Å². The van der Waals surface area contributed by atoms with Gasteiger partial charge in [-0.25, -0.2) is 14.5 Å². The van der Waals surface area contributed by atoms with Gasteiger partial charge in [0.2, 0.25) is 0 Å². The Balaban J connectivity index is 1.52. The summed E-state index contributed by atoms with van der Waals surface area (Å²) in [6.07, 6.45) is -2.32. The second-order valence-electron chi connectivity index (χ2n) is 8.92. The van der Waals surface area contributed by atoms with E-state index in [9.17, 15) is 19.6 Å². The number of carbonyl (C=O) groups is 1. The first kappa shape index (κ1) is 28.7. The molecule has 15 heteroatoms. The highest BCUT2D eigenvalue weighted by atomic mass is 127. The summed E-state index contributed by atoms with van der Waals surface area (Å²) >= 11 is 2.06. The number of carbonyl (C=O) groups excluding carboxylic acids is 1. The van der Waals surface area contributed by atoms with Gasteiger partial charge >= 0.3 is 13.7 Å². The number of aliphatic hydroxyl groups excluding tert-OH is 2. The van der Waals surface area contributed by atoms with E-state index >= 15 is 0 Å². The molecule has 4 rings (SSSR count). The normalized spacial score (nSPS) is 23.9. The minimum absolute atomic E-state index is 0.226. The van der Waals surface area contributed by atoms with Gasteiger partial charge in [0.05, 0.1) is 18.1 Å². The Morgan fingerprint density at radius 3 is 2.63 bits per heavy atom. The number of halogens is 1. The number of aliphatic hydroxyl groups is 2. The smallest absolute Gasteiger partial charge is 0.459 e. The topological polar surface area (TPSA) is 180 Å². The van der Waals surface area contributed by atoms with Gasteiger partial charge in [-0.1, -0.05) is 18.2 Å². The van der Waals surface area contributed by atoms with Crippen molar-refractivity contribution < 1.29 is 38.1 Å². The van der Waals surface area contributed by atoms with Crippen LogP contribution in [0.25, 0.3) is 11.0 Å². The highest BCUT2D eigenvalue weighted by Crippen LogP contribution is 2.46. The van der Waals surface area contributed by atoms with Crippen LogP contribution in [0, 0.1) is 3.57 Å². The number of nitrogens with one attached hydrogen (secondary N) is 1. The molecule has 0 bridgehead atoms. The van der Waals surface area contributed by atoms with Crippen molar-refractivity contribution >= 4 is 53.2 Å². The number of para-hydroxylation sites is 1. The Labute approximate surface area is 232 Å². The largest absolute Gasteiger partial charge is 0.462 e. The summed E-state index contributed by atoms with van der Waals surface area (Å²) in [6, 6.07) is 7.21. The number of hydrogen-bond acceptors (Lipinski definition) is 11. The Morgan fingerprint density at radius 2 is 1.95 bits per heavy atom. The van der Waals surface area contributed by atoms with E-state index in [1.165, 1.54) is 13.3 Å². The molecule has 0 aliphatic carbocycles. The lowest BCUT2D eigenvalue weighted by Gasteiger charge is -2.25. The lowest BCUT2D eigenvalue weighted by atomic mass is 10.1. The number of esters is 1. The molecule has 13 nitrogen and oxygen atoms in total. The average molecular weight is 661 g/mol. The maximum absolute atomic E-state index is 13.7. The van der Waals surface area contributed by atoms with Crippen LogP contribution >= 0.6 is 30.3 Å². The summed E-state index contributed by atoms with van der Waals surface area (Å²) in [7, 11) is -4.20. The van der Waals surface area contributed by atoms with Gasteiger partial charge in [0.25, 0.3) is 0 Å². The lowest BCUT2D eigenvalue weighted by molar-refractivity contribution is -0.149. The van der Waals surface area contributed by atoms with Crippen LogP contribution in [0.4, 0.5) is 5.82 Å². The number of aromatic nitrogens is 3. The molecule has 0 saturated carbocycles. The van der Waals surface area contributed by atoms with E-state index in [2.05, 4.69) is 37.6 Å². The fourth-order valence-corrected chi connectivity index (χ4v) is 6.18. The van der Waals surface area contributed by atoms with Gasteiger partial charge in [0.1, 0.15) is 47.9 Å². The second kappa shape index (κ2) is 11.8. The molecule has 6 atom stereocenters. The van der Waals surface area contributed by atoms with Crippen molar-refractivity contribution in [2.75, 3.05) is 12.3 Å². The SMILES string of the molecule is CC(C)OC(=O)[C@@H](C)NP(=O)(OC[C@H]1O[C@@H](n2cc(I)c3c(N)ncnc32)[C@H](O)[C@@H]1O)Oc1ccccc1. The minimum atomic E-state index is -4.20. The van der Waals surface area contributed by atoms with E-state index in [4.69, 9.17) is 24.3 Å². The van der Waals surface area contributed by atoms with Gasteiger partial charge in [-0.3, -0.25) is 9.32 Å². The molecule has 1 saturated heterocycles. The Kier molecular flexibility index (Phi) is 8.92. The van der Waals surface area contributed by atoms with Crippen LogP contribution < -0.4 is 15.3 Å². The quantitative estimate of drug-likeness (QED) is 0.142. The number of fused-ring (bicyclic) bond motifs is 1. The molecule has 38 heavy (non-hydrogen) atoms. The van der Waals surface area contributed by atoms with Crippen LogP contribution in [-0.4, -0.2) is 67.8 Å². The van der Waals surface area contributed by atoms with Gasteiger partial charge in [-0.05, 0) is 55.5 Å². The molecule has 0 radical (unpaired) electrons. The average Bonchev–Trinajstić information content (AvgIpc) is 3.34. The van der Waals surface area contributed by atoms with Gasteiger partial charge < -0.3 is 34.5 Å². The van der Waals surface area contributed by atoms with Gasteiger partial charge in [-0.2, -0.15) is 5.09 Å². The fourth-order valence-electron chi connectivity index (χ4n) is 3.86. The zero-order valence-corrected chi connectivity index (χ0v) is 23.9. The van der Waals surface area contributed by atoms with Crippen molar-refractivity contribution in [1.82, 2.24) is 19.6 Å². The first-order chi connectivity index (χ1) is 18.0. The Bertz CT molecular complexity index is 1330. The number of anilines is 1. The molecule has 1 aliphatic heterocycles. The molecule has 1 aromatic carbocycles. The zero-order valence-electron chi connectivity index (χ0n) is 20.8. The number of hydrogen-bond donors (Lipinski definition) is 4. The van der Waals surface area contributed by atoms with Crippen molar-refractivity contribution in [1.29, 1.82) is 0 Å². The Morgan fingerprint density at radius 1 is 1.24 bits per heavy atom. The predicted molar refractivity (Wildman–Crippen MR) is 145 cm³/mol. The number of rotatable bonds is 10. The van der Waals surface area contributed by atoms with Crippen LogP contribution in [0.5, 0.6) is 5.75 Å². The van der Waals surface area contributed by atoms with Crippen LogP contribution in [0.15, 0.2) is 42.9 Å². The monoisotopic (exact) mass is 661 g/mol. The summed E-state index contributed by atoms with van der Waals surface area (Å²) in [5.74, 6) is -0.158. The van der Waals surface area contributed by atoms with Crippen LogP contribution in [0.1, 0.15) is 27.0 Å². The zero-order chi connectivity index (χ0) is 27.6. The molecule has 2 aromatic heterocycles. The molecule has 1 unspecified atom stereocenters. The van der Waals surface area contributed by atoms with Crippen molar-refractivity contribution in [3.63, 3.8) is 0 Å². The van der Waals surface area contributed by atoms with Crippen molar-refractivity contribution in [3.05, 3.63) is 46.4 Å². The highest BCUT2D eigenvalue weighted by Gasteiger charge is 2.46. The summed E-state index contributed by atoms with van der Waals surface area (Å²) in [5, 5.41) is 24.7. The number of ether oxygens (including phenoxy) is 2. The molecule has 3 aromatic rings. The third-order valence-electron chi connectivity index (χ3n) is 5.64. The number of benzene rings is 1. The summed E-state index contributed by atoms with van der Waals surface area (Å²) in [4.78, 5) is 20.6. The molecular formula is C23H29IN5O8P. The number of nitrogen functional groups attached to an aromatic ring is 1. The van der Waals surface area contributed by atoms with Gasteiger partial charge in [0, 0.05) is 9.77 Å². The van der Waals surface area contributed by atoms with E-state index in [1.54, 1.807) is 54.9 Å². The number of nitrogens with two attached hydrogens (primary N) is 1. The van der Waals surface area contributed by atoms with E-state index < -0.39 is 50.9 Å². The van der Waals surface area contributed by atoms with Crippen molar-refractivity contribution in [2.45, 2.75) is 57.5 Å². The fraction of sp³-hybridized carbons (Fsp3) is 0.435. The molecule has 0 amide bonds. The molecule has 1 aliphatic rings. The van der Waals surface area contributed by atoms with Crippen molar-refractivity contribution in [3.8, 4) is 5.75 Å². The van der Waals surface area contributed by atoms with Crippen molar-refractivity contribution in [2.24, 2.45) is 0 Å². The molecular weight excluding hydrogens is 632 g/mol. The molecule has 3 heterocycles. The summed E-state index contributed by atoms with van der Waals surface area (Å²) < 4.78 is 38.3. The van der Waals surface area contributed by atoms with Crippen LogP contribution in [-0.2, 0) is 23.4 Å². The van der Waals surface area contributed by atoms with Gasteiger partial charge in [-0.15, -0.1) is 0 Å². The standard InChI is InChI=1S/C23H29IN5O8P/c1-12(2)35-23(32)13(3)28-38(33,37-14-7-5-4-6-8-14)34-10-16-18(30)19(31)22(36-16)29-9-15(24)17-20(25)26-11-27-21(17)29/h4-9,11-13,16,18-19,22,30-31H,10H2,1-3H3,(H,28,33)(H2,25,26,27)/t13-,16-,18-,19-,22-,38?/m1/s1. The maximum atomic E-state index is 13.7. The molecule has 5 N–H and O–H groups in total. The van der Waals surface area contributed by atoms with Crippen LogP contribution in [0.2, 0.25) is 0 Å². The summed E-state index contributed by atoms with van der Waals surface area (Å²) in [5.41, 5.74) is 6.39. The maximum Gasteiger partial charge on any atom is 0.459 e. The van der Waals surface area contributed by atoms with E-state index in [-0.39, 0.29) is 17.7 Å². The molecule has 206 valence electrons. The van der Waals surface area contributed by atoms with Crippen LogP contribution in [0.3, 0.4) is 0 Å². The Hall–Kier alpha value is -2.33. The lowest BCUT2D eigenvalue weighted by Crippen LogP contribution is -2.38. The number of nitrogens with zero attached hydrogens (tertiary/aromatic N) is 3. The predicted octanol–water partition coefficient (Wildman–Crippen LogP) is 2.37. The molecule has 0 spiro atoms. The second-order valence-corrected chi connectivity index (χ2v) is 11.8. The third-order valence-corrected chi connectivity index (χ3v) is 8.10. The van der Waals surface area contributed by atoms with E-state index in [1.807, 2.05) is 0 Å². The molecule has 1 fully saturated rings. The van der Waals surface area contributed by atoms with Gasteiger partial charge in [0.15, 0.2) is 6.23 Å². The first-order valence-electron chi connectivity index (χ1n) is 11.7. The minimum Gasteiger partial charge on any atom is -0.462 e. The highest BCUT2D eigenvalue weighted by molar-refractivity contribution is 14.1. The first-order valence-corrected chi connectivity index (χ1v) is 14.4. The third kappa shape index (κ3) is 6.28. The summed E-state index contributed by atoms with van der Waals surface area (Å²) in [6.45, 7) is 4.40.